The molecule has 6 nitrogen and oxygen atoms in total. The van der Waals surface area contributed by atoms with Crippen LogP contribution in [0.25, 0.3) is 0 Å². The molecule has 1 unspecified atom stereocenters. The predicted molar refractivity (Wildman–Crippen MR) is 110 cm³/mol. The first-order chi connectivity index (χ1) is 13.2. The van der Waals surface area contributed by atoms with E-state index in [1.807, 2.05) is 6.07 Å². The molecule has 0 saturated heterocycles. The minimum absolute atomic E-state index is 0.00572. The Hall–Kier alpha value is -1.53. The summed E-state index contributed by atoms with van der Waals surface area (Å²) in [6.07, 6.45) is -0.967. The van der Waals surface area contributed by atoms with E-state index in [1.54, 1.807) is 19.1 Å². The second-order valence-electron chi connectivity index (χ2n) is 5.84. The largest absolute Gasteiger partial charge is 0.388 e. The highest BCUT2D eigenvalue weighted by molar-refractivity contribution is 14.1. The summed E-state index contributed by atoms with van der Waals surface area (Å²) in [5.74, 6) is -3.44. The third-order valence-corrected chi connectivity index (χ3v) is 4.60. The number of aliphatic hydroxyl groups is 1. The fourth-order valence-electron chi connectivity index (χ4n) is 2.30. The number of amides is 1. The Morgan fingerprint density at radius 3 is 2.64 bits per heavy atom. The number of halogens is 4. The molecule has 10 heteroatoms. The quantitative estimate of drug-likeness (QED) is 0.276. The second kappa shape index (κ2) is 10.3. The van der Waals surface area contributed by atoms with Crippen molar-refractivity contribution in [3.63, 3.8) is 0 Å². The van der Waals surface area contributed by atoms with Crippen LogP contribution < -0.4 is 10.8 Å². The molecule has 0 bridgehead atoms. The lowest BCUT2D eigenvalue weighted by Crippen LogP contribution is -2.30. The number of nitrogens with one attached hydrogen (secondary N) is 2. The first-order valence-electron chi connectivity index (χ1n) is 8.04. The van der Waals surface area contributed by atoms with Gasteiger partial charge in [-0.05, 0) is 59.3 Å². The highest BCUT2D eigenvalue weighted by Crippen LogP contribution is 2.32. The summed E-state index contributed by atoms with van der Waals surface area (Å²) in [4.78, 5) is 17.3. The van der Waals surface area contributed by atoms with Crippen molar-refractivity contribution in [3.05, 3.63) is 55.6 Å². The topological polar surface area (TPSA) is 79.8 Å². The van der Waals surface area contributed by atoms with Gasteiger partial charge in [-0.1, -0.05) is 11.6 Å². The molecular weight excluding hydrogens is 509 g/mol. The molecule has 2 rings (SSSR count). The van der Waals surface area contributed by atoms with Crippen LogP contribution in [0, 0.1) is 22.1 Å². The number of hydrogen-bond donors (Lipinski definition) is 3. The summed E-state index contributed by atoms with van der Waals surface area (Å²) in [7, 11) is 1.40. The lowest BCUT2D eigenvalue weighted by atomic mass is 10.1. The van der Waals surface area contributed by atoms with E-state index in [0.29, 0.717) is 5.69 Å². The van der Waals surface area contributed by atoms with Crippen molar-refractivity contribution in [3.8, 4) is 0 Å². The number of aliphatic hydroxyl groups excluding tert-OH is 1. The average molecular weight is 527 g/mol. The molecule has 3 N–H and O–H groups in total. The SMILES string of the molecule is COCC(O)CONC(=O)c1cc(Cl)c(F)c(F)c1Nc1ccc(I)cc1C. The highest BCUT2D eigenvalue weighted by Gasteiger charge is 2.23. The normalized spacial score (nSPS) is 12.0. The first-order valence-corrected chi connectivity index (χ1v) is 9.50. The van der Waals surface area contributed by atoms with E-state index in [-0.39, 0.29) is 24.5 Å². The molecule has 0 heterocycles. The van der Waals surface area contributed by atoms with Crippen LogP contribution in [0.3, 0.4) is 0 Å². The number of aryl methyl sites for hydroxylation is 1. The van der Waals surface area contributed by atoms with Crippen molar-refractivity contribution in [1.82, 2.24) is 5.48 Å². The van der Waals surface area contributed by atoms with Gasteiger partial charge in [0.05, 0.1) is 22.9 Å². The smallest absolute Gasteiger partial charge is 0.277 e. The molecule has 0 saturated carbocycles. The molecule has 1 amide bonds. The standard InChI is InChI=1S/C18H18ClF2IN2O4/c1-9-5-10(22)3-4-14(9)23-17-12(6-13(19)15(20)16(17)21)18(26)24-28-8-11(25)7-27-2/h3-6,11,23,25H,7-8H2,1-2H3,(H,24,26). The van der Waals surface area contributed by atoms with Gasteiger partial charge >= 0.3 is 0 Å². The lowest BCUT2D eigenvalue weighted by Gasteiger charge is -2.16. The van der Waals surface area contributed by atoms with Crippen molar-refractivity contribution in [1.29, 1.82) is 0 Å². The van der Waals surface area contributed by atoms with Gasteiger partial charge in [0.2, 0.25) is 0 Å². The van der Waals surface area contributed by atoms with Crippen molar-refractivity contribution in [2.45, 2.75) is 13.0 Å². The number of rotatable bonds is 8. The number of hydrogen-bond acceptors (Lipinski definition) is 5. The van der Waals surface area contributed by atoms with Crippen LogP contribution in [0.1, 0.15) is 15.9 Å². The van der Waals surface area contributed by atoms with Gasteiger partial charge in [0, 0.05) is 16.4 Å². The zero-order chi connectivity index (χ0) is 20.8. The van der Waals surface area contributed by atoms with E-state index in [0.717, 1.165) is 15.2 Å². The minimum atomic E-state index is -1.30. The molecule has 0 aliphatic carbocycles. The average Bonchev–Trinajstić information content (AvgIpc) is 2.63. The number of methoxy groups -OCH3 is 1. The van der Waals surface area contributed by atoms with E-state index in [2.05, 4.69) is 33.4 Å². The van der Waals surface area contributed by atoms with Crippen LogP contribution in [-0.4, -0.2) is 37.4 Å². The molecule has 0 radical (unpaired) electrons. The Bertz CT molecular complexity index is 870. The summed E-state index contributed by atoms with van der Waals surface area (Å²) < 4.78 is 34.2. The van der Waals surface area contributed by atoms with E-state index >= 15 is 0 Å². The molecule has 0 aliphatic rings. The summed E-state index contributed by atoms with van der Waals surface area (Å²) >= 11 is 7.82. The minimum Gasteiger partial charge on any atom is -0.388 e. The Morgan fingerprint density at radius 2 is 2.00 bits per heavy atom. The van der Waals surface area contributed by atoms with Crippen molar-refractivity contribution in [2.24, 2.45) is 0 Å². The number of hydroxylamine groups is 1. The number of ether oxygens (including phenoxy) is 1. The van der Waals surface area contributed by atoms with Crippen LogP contribution in [0.4, 0.5) is 20.2 Å². The molecule has 0 aliphatic heterocycles. The Labute approximate surface area is 179 Å². The molecule has 0 fully saturated rings. The third kappa shape index (κ3) is 5.74. The molecule has 2 aromatic rings. The number of anilines is 2. The molecule has 0 spiro atoms. The zero-order valence-electron chi connectivity index (χ0n) is 15.0. The Kier molecular flexibility index (Phi) is 8.38. The van der Waals surface area contributed by atoms with E-state index in [1.165, 1.54) is 7.11 Å². The van der Waals surface area contributed by atoms with E-state index < -0.39 is 28.7 Å². The van der Waals surface area contributed by atoms with E-state index in [9.17, 15) is 18.7 Å². The first kappa shape index (κ1) is 22.8. The van der Waals surface area contributed by atoms with Crippen LogP contribution in [0.2, 0.25) is 5.02 Å². The number of carbonyl (C=O) groups excluding carboxylic acids is 1. The van der Waals surface area contributed by atoms with Crippen LogP contribution >= 0.6 is 34.2 Å². The maximum atomic E-state index is 14.5. The summed E-state index contributed by atoms with van der Waals surface area (Å²) in [6.45, 7) is 1.54. The number of carbonyl (C=O) groups is 1. The van der Waals surface area contributed by atoms with Gasteiger partial charge in [-0.15, -0.1) is 0 Å². The Balaban J connectivity index is 2.29. The van der Waals surface area contributed by atoms with Gasteiger partial charge in [0.1, 0.15) is 12.7 Å². The van der Waals surface area contributed by atoms with Crippen molar-refractivity contribution in [2.75, 3.05) is 25.6 Å². The van der Waals surface area contributed by atoms with Gasteiger partial charge in [-0.3, -0.25) is 9.63 Å². The van der Waals surface area contributed by atoms with Crippen molar-refractivity contribution >= 4 is 51.5 Å². The van der Waals surface area contributed by atoms with Gasteiger partial charge in [-0.25, -0.2) is 14.3 Å². The molecule has 2 aromatic carbocycles. The lowest BCUT2D eigenvalue weighted by molar-refractivity contribution is -0.0365. The maximum absolute atomic E-state index is 14.5. The summed E-state index contributed by atoms with van der Waals surface area (Å²) in [5, 5.41) is 11.7. The van der Waals surface area contributed by atoms with Gasteiger partial charge in [-0.2, -0.15) is 0 Å². The van der Waals surface area contributed by atoms with Crippen LogP contribution in [0.5, 0.6) is 0 Å². The van der Waals surface area contributed by atoms with Gasteiger partial charge in [0.15, 0.2) is 11.6 Å². The van der Waals surface area contributed by atoms with E-state index in [4.69, 9.17) is 21.2 Å². The third-order valence-electron chi connectivity index (χ3n) is 3.65. The molecular formula is C18H18ClF2IN2O4. The zero-order valence-corrected chi connectivity index (χ0v) is 17.9. The Morgan fingerprint density at radius 1 is 1.29 bits per heavy atom. The predicted octanol–water partition coefficient (Wildman–Crippen LogP) is 3.94. The second-order valence-corrected chi connectivity index (χ2v) is 7.50. The molecule has 0 aromatic heterocycles. The maximum Gasteiger partial charge on any atom is 0.277 e. The number of benzene rings is 2. The molecule has 152 valence electrons. The molecule has 1 atom stereocenters. The van der Waals surface area contributed by atoms with Crippen LogP contribution in [0.15, 0.2) is 24.3 Å². The summed E-state index contributed by atoms with van der Waals surface area (Å²) in [5.41, 5.74) is 2.69. The van der Waals surface area contributed by atoms with Crippen molar-refractivity contribution < 1.29 is 28.3 Å². The van der Waals surface area contributed by atoms with Gasteiger partial charge < -0.3 is 15.2 Å². The van der Waals surface area contributed by atoms with Gasteiger partial charge in [0.25, 0.3) is 5.91 Å². The van der Waals surface area contributed by atoms with Crippen LogP contribution in [-0.2, 0) is 9.57 Å². The summed E-state index contributed by atoms with van der Waals surface area (Å²) in [6, 6.07) is 6.30. The monoisotopic (exact) mass is 526 g/mol. The fraction of sp³-hybridized carbons (Fsp3) is 0.278. The fourth-order valence-corrected chi connectivity index (χ4v) is 3.14. The molecule has 28 heavy (non-hydrogen) atoms. The highest BCUT2D eigenvalue weighted by atomic mass is 127.